The molecule has 0 aromatic heterocycles. The predicted molar refractivity (Wildman–Crippen MR) is 78.3 cm³/mol. The van der Waals surface area contributed by atoms with Crippen molar-refractivity contribution >= 4 is 17.8 Å². The van der Waals surface area contributed by atoms with Gasteiger partial charge in [0.05, 0.1) is 19.1 Å². The highest BCUT2D eigenvalue weighted by Gasteiger charge is 2.80. The minimum absolute atomic E-state index is 0.0577. The summed E-state index contributed by atoms with van der Waals surface area (Å²) in [6.45, 7) is 0.193. The van der Waals surface area contributed by atoms with Crippen LogP contribution in [0.3, 0.4) is 0 Å². The van der Waals surface area contributed by atoms with E-state index in [0.29, 0.717) is 12.8 Å². The lowest BCUT2D eigenvalue weighted by atomic mass is 10.00. The van der Waals surface area contributed by atoms with Gasteiger partial charge in [0.2, 0.25) is 0 Å². The molecule has 1 aliphatic heterocycles. The number of esters is 1. The van der Waals surface area contributed by atoms with Crippen molar-refractivity contribution in [1.82, 2.24) is 4.90 Å². The molecule has 6 nitrogen and oxygen atoms in total. The molecular weight excluding hydrogens is 298 g/mol. The number of Topliss-reactive ketones (excluding diaryl/α,β-unsaturated/α-hetero) is 1. The molecule has 4 rings (SSSR count). The zero-order valence-electron chi connectivity index (χ0n) is 12.7. The van der Waals surface area contributed by atoms with Gasteiger partial charge in [-0.25, -0.2) is 4.79 Å². The van der Waals surface area contributed by atoms with Crippen molar-refractivity contribution in [3.63, 3.8) is 0 Å². The Morgan fingerprint density at radius 2 is 2.04 bits per heavy atom. The molecule has 0 N–H and O–H groups in total. The molecule has 120 valence electrons. The monoisotopic (exact) mass is 315 g/mol. The Labute approximate surface area is 133 Å². The van der Waals surface area contributed by atoms with Crippen LogP contribution in [0, 0.1) is 11.8 Å². The first-order valence-corrected chi connectivity index (χ1v) is 7.74. The van der Waals surface area contributed by atoms with Crippen molar-refractivity contribution in [3.8, 4) is 0 Å². The Balaban J connectivity index is 1.76. The van der Waals surface area contributed by atoms with Crippen LogP contribution in [0.2, 0.25) is 0 Å². The molecule has 3 fully saturated rings. The fraction of sp³-hybridized carbons (Fsp3) is 0.471. The molecule has 1 saturated heterocycles. The Morgan fingerprint density at radius 1 is 1.30 bits per heavy atom. The fourth-order valence-corrected chi connectivity index (χ4v) is 4.38. The highest BCUT2D eigenvalue weighted by atomic mass is 16.6. The van der Waals surface area contributed by atoms with E-state index >= 15 is 0 Å². The van der Waals surface area contributed by atoms with Crippen molar-refractivity contribution in [2.24, 2.45) is 11.8 Å². The molecule has 1 aromatic carbocycles. The zero-order valence-corrected chi connectivity index (χ0v) is 12.7. The van der Waals surface area contributed by atoms with E-state index in [1.54, 1.807) is 0 Å². The fourth-order valence-electron chi connectivity index (χ4n) is 4.38. The quantitative estimate of drug-likeness (QED) is 0.794. The highest BCUT2D eigenvalue weighted by Crippen LogP contribution is 2.65. The first-order valence-electron chi connectivity index (χ1n) is 7.74. The average Bonchev–Trinajstić information content (AvgIpc) is 2.89. The third-order valence-corrected chi connectivity index (χ3v) is 5.37. The summed E-state index contributed by atoms with van der Waals surface area (Å²) in [5, 5.41) is 0. The number of hydrogen-bond donors (Lipinski definition) is 0. The number of hydrogen-bond acceptors (Lipinski definition) is 5. The van der Waals surface area contributed by atoms with Crippen LogP contribution in [0.5, 0.6) is 0 Å². The van der Waals surface area contributed by atoms with E-state index in [2.05, 4.69) is 0 Å². The number of benzene rings is 1. The maximum Gasteiger partial charge on any atom is 0.411 e. The van der Waals surface area contributed by atoms with Gasteiger partial charge in [-0.2, -0.15) is 0 Å². The molecule has 6 heteroatoms. The number of carbonyl (C=O) groups excluding carboxylic acids is 3. The van der Waals surface area contributed by atoms with Crippen molar-refractivity contribution in [3.05, 3.63) is 35.9 Å². The lowest BCUT2D eigenvalue weighted by Gasteiger charge is -2.29. The SMILES string of the molecule is COC(=O)[C@H]1[C@@H]2CCC(=O)[C@@]21N1C(=O)OC[C@H]1c1ccccc1. The largest absolute Gasteiger partial charge is 0.469 e. The Bertz CT molecular complexity index is 687. The average molecular weight is 315 g/mol. The summed E-state index contributed by atoms with van der Waals surface area (Å²) in [5.41, 5.74) is -0.164. The highest BCUT2D eigenvalue weighted by molar-refractivity contribution is 6.05. The summed E-state index contributed by atoms with van der Waals surface area (Å²) in [6.07, 6.45) is 0.485. The molecule has 0 spiro atoms. The van der Waals surface area contributed by atoms with Gasteiger partial charge in [0.25, 0.3) is 0 Å². The van der Waals surface area contributed by atoms with E-state index in [0.717, 1.165) is 5.56 Å². The van der Waals surface area contributed by atoms with Gasteiger partial charge >= 0.3 is 12.1 Å². The van der Waals surface area contributed by atoms with Gasteiger partial charge in [0.15, 0.2) is 5.78 Å². The van der Waals surface area contributed by atoms with Crippen molar-refractivity contribution in [2.45, 2.75) is 24.4 Å². The van der Waals surface area contributed by atoms with Crippen molar-refractivity contribution in [1.29, 1.82) is 0 Å². The molecule has 2 aliphatic carbocycles. The summed E-state index contributed by atoms with van der Waals surface area (Å²) in [4.78, 5) is 38.6. The molecule has 4 atom stereocenters. The number of ketones is 1. The van der Waals surface area contributed by atoms with E-state index in [-0.39, 0.29) is 24.3 Å². The van der Waals surface area contributed by atoms with Crippen LogP contribution in [0.15, 0.2) is 30.3 Å². The number of rotatable bonds is 3. The lowest BCUT2D eigenvalue weighted by molar-refractivity contribution is -0.145. The van der Waals surface area contributed by atoms with Gasteiger partial charge in [-0.1, -0.05) is 30.3 Å². The smallest absolute Gasteiger partial charge is 0.411 e. The van der Waals surface area contributed by atoms with Crippen molar-refractivity contribution in [2.75, 3.05) is 13.7 Å². The molecular formula is C17H17NO5. The standard InChI is InChI=1S/C17H17NO5/c1-22-15(20)14-11-7-8-13(19)17(11,14)18-12(9-23-16(18)21)10-5-3-2-4-6-10/h2-6,11-12,14H,7-9H2,1H3/t11-,12-,14+,17-/m0/s1. The van der Waals surface area contributed by atoms with Gasteiger partial charge in [-0.15, -0.1) is 0 Å². The molecule has 1 aromatic rings. The molecule has 0 bridgehead atoms. The number of methoxy groups -OCH3 is 1. The van der Waals surface area contributed by atoms with Crippen LogP contribution >= 0.6 is 0 Å². The second-order valence-electron chi connectivity index (χ2n) is 6.27. The number of carbonyl (C=O) groups is 3. The minimum atomic E-state index is -1.07. The summed E-state index contributed by atoms with van der Waals surface area (Å²) in [5.74, 6) is -1.20. The third kappa shape index (κ3) is 1.72. The second-order valence-corrected chi connectivity index (χ2v) is 6.27. The lowest BCUT2D eigenvalue weighted by Crippen LogP contribution is -2.47. The molecule has 0 unspecified atom stereocenters. The number of ether oxygens (including phenoxy) is 2. The molecule has 2 saturated carbocycles. The van der Waals surface area contributed by atoms with Crippen LogP contribution in [-0.2, 0) is 19.1 Å². The Kier molecular flexibility index (Phi) is 2.98. The number of nitrogens with zero attached hydrogens (tertiary/aromatic N) is 1. The van der Waals surface area contributed by atoms with Gasteiger partial charge in [0, 0.05) is 12.3 Å². The summed E-state index contributed by atoms with van der Waals surface area (Å²) in [7, 11) is 1.31. The van der Waals surface area contributed by atoms with Crippen LogP contribution in [-0.4, -0.2) is 42.0 Å². The molecule has 1 amide bonds. The molecule has 3 aliphatic rings. The van der Waals surface area contributed by atoms with Gasteiger partial charge in [-0.3, -0.25) is 14.5 Å². The molecule has 23 heavy (non-hydrogen) atoms. The first kappa shape index (κ1) is 14.2. The second kappa shape index (κ2) is 4.81. The number of amides is 1. The zero-order chi connectivity index (χ0) is 16.2. The summed E-state index contributed by atoms with van der Waals surface area (Å²) in [6, 6.07) is 9.12. The van der Waals surface area contributed by atoms with Crippen LogP contribution in [0.4, 0.5) is 4.79 Å². The van der Waals surface area contributed by atoms with Crippen LogP contribution < -0.4 is 0 Å². The van der Waals surface area contributed by atoms with Crippen LogP contribution in [0.25, 0.3) is 0 Å². The third-order valence-electron chi connectivity index (χ3n) is 5.37. The topological polar surface area (TPSA) is 72.9 Å². The normalized spacial score (nSPS) is 35.0. The van der Waals surface area contributed by atoms with E-state index in [1.807, 2.05) is 30.3 Å². The first-order chi connectivity index (χ1) is 11.1. The predicted octanol–water partition coefficient (Wildman–Crippen LogP) is 1.70. The summed E-state index contributed by atoms with van der Waals surface area (Å²) >= 11 is 0. The van der Waals surface area contributed by atoms with Crippen LogP contribution in [0.1, 0.15) is 24.4 Å². The van der Waals surface area contributed by atoms with Gasteiger partial charge in [0.1, 0.15) is 12.1 Å². The Morgan fingerprint density at radius 3 is 2.74 bits per heavy atom. The van der Waals surface area contributed by atoms with Gasteiger partial charge in [-0.05, 0) is 12.0 Å². The molecule has 0 radical (unpaired) electrons. The summed E-state index contributed by atoms with van der Waals surface area (Å²) < 4.78 is 10.1. The van der Waals surface area contributed by atoms with E-state index in [9.17, 15) is 14.4 Å². The maximum absolute atomic E-state index is 12.6. The number of cyclic esters (lactones) is 1. The van der Waals surface area contributed by atoms with E-state index < -0.39 is 23.5 Å². The minimum Gasteiger partial charge on any atom is -0.469 e. The Hall–Kier alpha value is -2.37. The van der Waals surface area contributed by atoms with Crippen molar-refractivity contribution < 1.29 is 23.9 Å². The maximum atomic E-state index is 12.6. The number of fused-ring (bicyclic) bond motifs is 1. The van der Waals surface area contributed by atoms with E-state index in [1.165, 1.54) is 12.0 Å². The van der Waals surface area contributed by atoms with Gasteiger partial charge < -0.3 is 9.47 Å². The molecule has 1 heterocycles. The van der Waals surface area contributed by atoms with E-state index in [4.69, 9.17) is 9.47 Å².